The molecule has 0 radical (unpaired) electrons. The third-order valence-corrected chi connectivity index (χ3v) is 1.39. The predicted octanol–water partition coefficient (Wildman–Crippen LogP) is 0.611. The van der Waals surface area contributed by atoms with Crippen LogP contribution in [0.4, 0.5) is 4.79 Å². The first kappa shape index (κ1) is 13.7. The number of rotatable bonds is 4. The van der Waals surface area contributed by atoms with E-state index in [1.54, 1.807) is 20.8 Å². The molecular formula is C9H17NO5. The van der Waals surface area contributed by atoms with Crippen molar-refractivity contribution in [1.82, 2.24) is 5.32 Å². The Morgan fingerprint density at radius 2 is 1.93 bits per heavy atom. The number of methoxy groups -OCH3 is 1. The maximum atomic E-state index is 11.1. The minimum absolute atomic E-state index is 0.124. The molecule has 0 heterocycles. The fourth-order valence-corrected chi connectivity index (χ4v) is 0.762. The molecule has 0 aromatic rings. The van der Waals surface area contributed by atoms with Gasteiger partial charge in [-0.15, -0.1) is 0 Å². The Morgan fingerprint density at radius 3 is 2.27 bits per heavy atom. The van der Waals surface area contributed by atoms with Gasteiger partial charge in [0.05, 0.1) is 6.54 Å². The second-order valence-electron chi connectivity index (χ2n) is 3.95. The topological polar surface area (TPSA) is 84.9 Å². The Hall–Kier alpha value is -1.30. The van der Waals surface area contributed by atoms with Crippen molar-refractivity contribution in [2.75, 3.05) is 13.7 Å². The fraction of sp³-hybridized carbons (Fsp3) is 0.778. The largest absolute Gasteiger partial charge is 0.479 e. The third kappa shape index (κ3) is 6.73. The molecule has 6 nitrogen and oxygen atoms in total. The molecule has 1 amide bonds. The second-order valence-corrected chi connectivity index (χ2v) is 3.95. The summed E-state index contributed by atoms with van der Waals surface area (Å²) in [5.41, 5.74) is -0.601. The first-order chi connectivity index (χ1) is 6.76. The highest BCUT2D eigenvalue weighted by molar-refractivity contribution is 5.74. The van der Waals surface area contributed by atoms with Gasteiger partial charge >= 0.3 is 12.1 Å². The Labute approximate surface area is 88.6 Å². The normalized spacial score (nSPS) is 13.1. The van der Waals surface area contributed by atoms with E-state index in [4.69, 9.17) is 9.84 Å². The maximum absolute atomic E-state index is 11.1. The lowest BCUT2D eigenvalue weighted by molar-refractivity contribution is -0.148. The molecule has 6 heteroatoms. The lowest BCUT2D eigenvalue weighted by Crippen LogP contribution is -2.40. The summed E-state index contributed by atoms with van der Waals surface area (Å²) in [6, 6.07) is 0. The number of carbonyl (C=O) groups excluding carboxylic acids is 1. The van der Waals surface area contributed by atoms with Gasteiger partial charge < -0.3 is 19.9 Å². The molecule has 0 rings (SSSR count). The van der Waals surface area contributed by atoms with Crippen LogP contribution in [0.25, 0.3) is 0 Å². The molecule has 0 aliphatic carbocycles. The van der Waals surface area contributed by atoms with Crippen LogP contribution in [0.1, 0.15) is 20.8 Å². The molecule has 0 saturated carbocycles. The molecule has 0 spiro atoms. The van der Waals surface area contributed by atoms with E-state index in [0.717, 1.165) is 0 Å². The molecular weight excluding hydrogens is 202 g/mol. The van der Waals surface area contributed by atoms with Gasteiger partial charge in [-0.1, -0.05) is 0 Å². The molecule has 0 fully saturated rings. The number of nitrogens with one attached hydrogen (secondary N) is 1. The summed E-state index contributed by atoms with van der Waals surface area (Å²) in [5.74, 6) is -1.13. The molecule has 1 atom stereocenters. The Kier molecular flexibility index (Phi) is 5.07. The van der Waals surface area contributed by atoms with Crippen LogP contribution in [0.3, 0.4) is 0 Å². The van der Waals surface area contributed by atoms with Crippen molar-refractivity contribution in [3.63, 3.8) is 0 Å². The number of hydrogen-bond acceptors (Lipinski definition) is 4. The molecule has 0 saturated heterocycles. The number of carboxylic acids is 1. The summed E-state index contributed by atoms with van der Waals surface area (Å²) in [6.07, 6.45) is -1.72. The number of carboxylic acid groups (broad SMARTS) is 1. The van der Waals surface area contributed by atoms with Crippen molar-refractivity contribution in [2.24, 2.45) is 0 Å². The van der Waals surface area contributed by atoms with Crippen molar-refractivity contribution in [3.8, 4) is 0 Å². The zero-order chi connectivity index (χ0) is 12.1. The summed E-state index contributed by atoms with van der Waals surface area (Å²) in [5, 5.41) is 10.9. The quantitative estimate of drug-likeness (QED) is 0.723. The lowest BCUT2D eigenvalue weighted by atomic mass is 10.2. The van der Waals surface area contributed by atoms with Crippen LogP contribution < -0.4 is 5.32 Å². The highest BCUT2D eigenvalue weighted by Crippen LogP contribution is 2.06. The SMILES string of the molecule is CO[C@H](CNC(=O)OC(C)(C)C)C(=O)O. The van der Waals surface area contributed by atoms with Gasteiger partial charge in [-0.2, -0.15) is 0 Å². The number of alkyl carbamates (subject to hydrolysis) is 1. The zero-order valence-corrected chi connectivity index (χ0v) is 9.36. The molecule has 88 valence electrons. The first-order valence-corrected chi connectivity index (χ1v) is 4.48. The highest BCUT2D eigenvalue weighted by Gasteiger charge is 2.20. The molecule has 0 bridgehead atoms. The minimum atomic E-state index is -1.13. The number of aliphatic carboxylic acids is 1. The van der Waals surface area contributed by atoms with Crippen molar-refractivity contribution in [1.29, 1.82) is 0 Å². The molecule has 0 aliphatic rings. The monoisotopic (exact) mass is 219 g/mol. The summed E-state index contributed by atoms with van der Waals surface area (Å²) in [6.45, 7) is 5.04. The van der Waals surface area contributed by atoms with Gasteiger partial charge in [0.15, 0.2) is 6.10 Å². The molecule has 0 unspecified atom stereocenters. The van der Waals surface area contributed by atoms with Gasteiger partial charge in [0.2, 0.25) is 0 Å². The van der Waals surface area contributed by atoms with Crippen molar-refractivity contribution < 1.29 is 24.2 Å². The van der Waals surface area contributed by atoms with Gasteiger partial charge in [-0.25, -0.2) is 9.59 Å². The van der Waals surface area contributed by atoms with E-state index < -0.39 is 23.8 Å². The average molecular weight is 219 g/mol. The standard InChI is InChI=1S/C9H17NO5/c1-9(2,3)15-8(13)10-5-6(14-4)7(11)12/h6H,5H2,1-4H3,(H,10,13)(H,11,12)/t6-/m1/s1. The van der Waals surface area contributed by atoms with Crippen molar-refractivity contribution >= 4 is 12.1 Å². The lowest BCUT2D eigenvalue weighted by Gasteiger charge is -2.20. The molecule has 2 N–H and O–H groups in total. The fourth-order valence-electron chi connectivity index (χ4n) is 0.762. The van der Waals surface area contributed by atoms with Crippen LogP contribution in [-0.4, -0.2) is 42.5 Å². The molecule has 15 heavy (non-hydrogen) atoms. The van der Waals surface area contributed by atoms with Gasteiger partial charge in [0.1, 0.15) is 5.60 Å². The van der Waals surface area contributed by atoms with Crippen molar-refractivity contribution in [2.45, 2.75) is 32.5 Å². The Bertz CT molecular complexity index is 233. The van der Waals surface area contributed by atoms with E-state index in [9.17, 15) is 9.59 Å². The van der Waals surface area contributed by atoms with Crippen LogP contribution in [0.2, 0.25) is 0 Å². The van der Waals surface area contributed by atoms with Gasteiger partial charge in [0, 0.05) is 7.11 Å². The summed E-state index contributed by atoms with van der Waals surface area (Å²) in [7, 11) is 1.26. The zero-order valence-electron chi connectivity index (χ0n) is 9.36. The maximum Gasteiger partial charge on any atom is 0.407 e. The van der Waals surface area contributed by atoms with E-state index in [-0.39, 0.29) is 6.54 Å². The van der Waals surface area contributed by atoms with Crippen LogP contribution >= 0.6 is 0 Å². The number of amides is 1. The Morgan fingerprint density at radius 1 is 1.40 bits per heavy atom. The number of carbonyl (C=O) groups is 2. The number of hydrogen-bond donors (Lipinski definition) is 2. The first-order valence-electron chi connectivity index (χ1n) is 4.48. The second kappa shape index (κ2) is 5.55. The molecule has 0 aromatic carbocycles. The van der Waals surface area contributed by atoms with Crippen LogP contribution in [0.15, 0.2) is 0 Å². The van der Waals surface area contributed by atoms with Gasteiger partial charge in [0.25, 0.3) is 0 Å². The van der Waals surface area contributed by atoms with Crippen LogP contribution in [-0.2, 0) is 14.3 Å². The predicted molar refractivity (Wildman–Crippen MR) is 52.7 cm³/mol. The van der Waals surface area contributed by atoms with Gasteiger partial charge in [-0.05, 0) is 20.8 Å². The summed E-state index contributed by atoms with van der Waals surface area (Å²) < 4.78 is 9.54. The van der Waals surface area contributed by atoms with E-state index in [1.807, 2.05) is 0 Å². The van der Waals surface area contributed by atoms with Crippen LogP contribution in [0, 0.1) is 0 Å². The van der Waals surface area contributed by atoms with Crippen LogP contribution in [0.5, 0.6) is 0 Å². The van der Waals surface area contributed by atoms with E-state index >= 15 is 0 Å². The Balaban J connectivity index is 3.94. The molecule has 0 aliphatic heterocycles. The summed E-state index contributed by atoms with van der Waals surface area (Å²) >= 11 is 0. The molecule has 0 aromatic heterocycles. The van der Waals surface area contributed by atoms with E-state index in [1.165, 1.54) is 7.11 Å². The minimum Gasteiger partial charge on any atom is -0.479 e. The third-order valence-electron chi connectivity index (χ3n) is 1.39. The summed E-state index contributed by atoms with van der Waals surface area (Å²) in [4.78, 5) is 21.6. The number of ether oxygens (including phenoxy) is 2. The van der Waals surface area contributed by atoms with E-state index in [2.05, 4.69) is 10.1 Å². The van der Waals surface area contributed by atoms with Crippen molar-refractivity contribution in [3.05, 3.63) is 0 Å². The smallest absolute Gasteiger partial charge is 0.407 e. The average Bonchev–Trinajstić information content (AvgIpc) is 2.01. The van der Waals surface area contributed by atoms with E-state index in [0.29, 0.717) is 0 Å². The van der Waals surface area contributed by atoms with Gasteiger partial charge in [-0.3, -0.25) is 0 Å². The highest BCUT2D eigenvalue weighted by atomic mass is 16.6.